The van der Waals surface area contributed by atoms with Crippen LogP contribution >= 0.6 is 0 Å². The molecule has 0 bridgehead atoms. The average molecular weight is 244 g/mol. The van der Waals surface area contributed by atoms with Gasteiger partial charge in [0.2, 0.25) is 5.85 Å². The van der Waals surface area contributed by atoms with Gasteiger partial charge in [0.15, 0.2) is 5.78 Å². The van der Waals surface area contributed by atoms with Crippen molar-refractivity contribution in [3.05, 3.63) is 11.6 Å². The van der Waals surface area contributed by atoms with Gasteiger partial charge in [0.25, 0.3) is 0 Å². The average Bonchev–Trinajstić information content (AvgIpc) is 2.23. The molecule has 2 unspecified atom stereocenters. The zero-order valence-corrected chi connectivity index (χ0v) is 9.78. The first-order valence-electron chi connectivity index (χ1n) is 5.74. The zero-order chi connectivity index (χ0) is 13.1. The Balaban J connectivity index is 2.82. The van der Waals surface area contributed by atoms with E-state index >= 15 is 0 Å². The number of hydrogen-bond donors (Lipinski definition) is 2. The molecule has 5 heteroatoms. The van der Waals surface area contributed by atoms with E-state index < -0.39 is 11.8 Å². The lowest BCUT2D eigenvalue weighted by Crippen LogP contribution is -2.29. The molecule has 0 aromatic rings. The van der Waals surface area contributed by atoms with E-state index in [0.717, 1.165) is 6.08 Å². The molecular formula is C12H17FO4. The molecule has 1 aliphatic carbocycles. The molecule has 2 N–H and O–H groups in total. The summed E-state index contributed by atoms with van der Waals surface area (Å²) in [5.41, 5.74) is 0.241. The lowest BCUT2D eigenvalue weighted by Gasteiger charge is -2.26. The molecule has 0 amide bonds. The SMILES string of the molecule is CCC(CCC(=O)O)C1=CC(O)(F)CCC1=O. The van der Waals surface area contributed by atoms with Gasteiger partial charge in [-0.05, 0) is 30.4 Å². The third kappa shape index (κ3) is 3.93. The summed E-state index contributed by atoms with van der Waals surface area (Å²) in [6.07, 6.45) is 1.50. The van der Waals surface area contributed by atoms with E-state index in [1.54, 1.807) is 0 Å². The van der Waals surface area contributed by atoms with Gasteiger partial charge >= 0.3 is 5.97 Å². The number of carboxylic acids is 1. The van der Waals surface area contributed by atoms with Crippen LogP contribution in [0.4, 0.5) is 4.39 Å². The van der Waals surface area contributed by atoms with Crippen molar-refractivity contribution in [1.82, 2.24) is 0 Å². The number of allylic oxidation sites excluding steroid dienone is 1. The first-order valence-corrected chi connectivity index (χ1v) is 5.74. The van der Waals surface area contributed by atoms with Crippen LogP contribution in [0, 0.1) is 5.92 Å². The van der Waals surface area contributed by atoms with Crippen LogP contribution in [0.15, 0.2) is 11.6 Å². The van der Waals surface area contributed by atoms with Gasteiger partial charge in [0, 0.05) is 19.3 Å². The third-order valence-corrected chi connectivity index (χ3v) is 3.04. The Morgan fingerprint density at radius 2 is 2.29 bits per heavy atom. The maximum atomic E-state index is 13.4. The maximum absolute atomic E-state index is 13.4. The van der Waals surface area contributed by atoms with Crippen LogP contribution in [0.5, 0.6) is 0 Å². The molecule has 0 fully saturated rings. The first-order chi connectivity index (χ1) is 7.85. The van der Waals surface area contributed by atoms with Crippen molar-refractivity contribution in [3.63, 3.8) is 0 Å². The molecule has 4 nitrogen and oxygen atoms in total. The second-order valence-electron chi connectivity index (χ2n) is 4.38. The minimum atomic E-state index is -2.43. The monoisotopic (exact) mass is 244 g/mol. The maximum Gasteiger partial charge on any atom is 0.303 e. The molecule has 1 rings (SSSR count). The van der Waals surface area contributed by atoms with Gasteiger partial charge in [-0.15, -0.1) is 0 Å². The van der Waals surface area contributed by atoms with Crippen molar-refractivity contribution < 1.29 is 24.2 Å². The Bertz CT molecular complexity index is 346. The second-order valence-corrected chi connectivity index (χ2v) is 4.38. The lowest BCUT2D eigenvalue weighted by atomic mass is 9.82. The van der Waals surface area contributed by atoms with E-state index in [1.165, 1.54) is 0 Å². The van der Waals surface area contributed by atoms with Crippen LogP contribution in [0.2, 0.25) is 0 Å². The van der Waals surface area contributed by atoms with Crippen molar-refractivity contribution >= 4 is 11.8 Å². The Morgan fingerprint density at radius 1 is 1.65 bits per heavy atom. The third-order valence-electron chi connectivity index (χ3n) is 3.04. The van der Waals surface area contributed by atoms with Gasteiger partial charge in [-0.2, -0.15) is 0 Å². The van der Waals surface area contributed by atoms with Crippen molar-refractivity contribution in [1.29, 1.82) is 0 Å². The largest absolute Gasteiger partial charge is 0.481 e. The number of ketones is 1. The van der Waals surface area contributed by atoms with Gasteiger partial charge < -0.3 is 10.2 Å². The Hall–Kier alpha value is -1.23. The van der Waals surface area contributed by atoms with Crippen molar-refractivity contribution in [2.24, 2.45) is 5.92 Å². The molecule has 0 aromatic carbocycles. The topological polar surface area (TPSA) is 74.6 Å². The summed E-state index contributed by atoms with van der Waals surface area (Å²) in [6.45, 7) is 1.81. The highest BCUT2D eigenvalue weighted by Crippen LogP contribution is 2.32. The molecule has 0 aliphatic heterocycles. The Labute approximate surface area is 99.1 Å². The van der Waals surface area contributed by atoms with Crippen LogP contribution in [-0.2, 0) is 9.59 Å². The van der Waals surface area contributed by atoms with E-state index in [2.05, 4.69) is 0 Å². The zero-order valence-electron chi connectivity index (χ0n) is 9.78. The van der Waals surface area contributed by atoms with Crippen LogP contribution in [0.1, 0.15) is 39.0 Å². The summed E-state index contributed by atoms with van der Waals surface area (Å²) in [4.78, 5) is 22.1. The molecule has 0 saturated carbocycles. The Kier molecular flexibility index (Phi) is 4.40. The quantitative estimate of drug-likeness (QED) is 0.773. The molecule has 17 heavy (non-hydrogen) atoms. The van der Waals surface area contributed by atoms with E-state index in [4.69, 9.17) is 5.11 Å². The molecular weight excluding hydrogens is 227 g/mol. The minimum Gasteiger partial charge on any atom is -0.481 e. The number of aliphatic carboxylic acids is 1. The summed E-state index contributed by atoms with van der Waals surface area (Å²) in [7, 11) is 0. The predicted octanol–water partition coefficient (Wildman–Crippen LogP) is 1.82. The van der Waals surface area contributed by atoms with E-state index in [-0.39, 0.29) is 36.5 Å². The summed E-state index contributed by atoms with van der Waals surface area (Å²) >= 11 is 0. The van der Waals surface area contributed by atoms with E-state index in [0.29, 0.717) is 12.8 Å². The van der Waals surface area contributed by atoms with Crippen LogP contribution in [-0.4, -0.2) is 27.8 Å². The number of aliphatic hydroxyl groups is 1. The van der Waals surface area contributed by atoms with Crippen LogP contribution in [0.25, 0.3) is 0 Å². The molecule has 0 heterocycles. The molecule has 0 spiro atoms. The molecule has 0 saturated heterocycles. The fourth-order valence-electron chi connectivity index (χ4n) is 2.05. The minimum absolute atomic E-state index is 0.0254. The van der Waals surface area contributed by atoms with E-state index in [1.807, 2.05) is 6.92 Å². The summed E-state index contributed by atoms with van der Waals surface area (Å²) in [5.74, 6) is -3.85. The fourth-order valence-corrected chi connectivity index (χ4v) is 2.05. The molecule has 2 atom stereocenters. The van der Waals surface area contributed by atoms with Crippen LogP contribution in [0.3, 0.4) is 0 Å². The number of carbonyl (C=O) groups excluding carboxylic acids is 1. The molecule has 0 aromatic heterocycles. The number of carbonyl (C=O) groups is 2. The van der Waals surface area contributed by atoms with Gasteiger partial charge in [-0.1, -0.05) is 6.92 Å². The standard InChI is InChI=1S/C12H17FO4/c1-2-8(3-4-11(15)16)9-7-12(13,17)6-5-10(9)14/h7-8,17H,2-6H2,1H3,(H,15,16). The van der Waals surface area contributed by atoms with Gasteiger partial charge in [0.05, 0.1) is 0 Å². The normalized spacial score (nSPS) is 26.5. The first kappa shape index (κ1) is 13.8. The predicted molar refractivity (Wildman–Crippen MR) is 59.0 cm³/mol. The van der Waals surface area contributed by atoms with Gasteiger partial charge in [0.1, 0.15) is 0 Å². The summed E-state index contributed by atoms with van der Waals surface area (Å²) in [6, 6.07) is 0. The summed E-state index contributed by atoms with van der Waals surface area (Å²) < 4.78 is 13.4. The lowest BCUT2D eigenvalue weighted by molar-refractivity contribution is -0.137. The number of hydrogen-bond acceptors (Lipinski definition) is 3. The van der Waals surface area contributed by atoms with Gasteiger partial charge in [-0.3, -0.25) is 9.59 Å². The van der Waals surface area contributed by atoms with Crippen molar-refractivity contribution in [2.45, 2.75) is 44.9 Å². The molecule has 1 aliphatic rings. The number of Topliss-reactive ketones (excluding diaryl/α,β-unsaturated/α-hetero) is 1. The van der Waals surface area contributed by atoms with Crippen molar-refractivity contribution in [2.75, 3.05) is 0 Å². The number of halogens is 1. The van der Waals surface area contributed by atoms with Crippen molar-refractivity contribution in [3.8, 4) is 0 Å². The molecule has 0 radical (unpaired) electrons. The molecule has 96 valence electrons. The van der Waals surface area contributed by atoms with Crippen LogP contribution < -0.4 is 0 Å². The number of alkyl halides is 1. The number of carboxylic acid groups (broad SMARTS) is 1. The van der Waals surface area contributed by atoms with Gasteiger partial charge in [-0.25, -0.2) is 4.39 Å². The highest BCUT2D eigenvalue weighted by Gasteiger charge is 2.34. The summed E-state index contributed by atoms with van der Waals surface area (Å²) in [5, 5.41) is 17.9. The highest BCUT2D eigenvalue weighted by atomic mass is 19.2. The Morgan fingerprint density at radius 3 is 2.82 bits per heavy atom. The number of rotatable bonds is 5. The van der Waals surface area contributed by atoms with E-state index in [9.17, 15) is 19.1 Å². The highest BCUT2D eigenvalue weighted by molar-refractivity contribution is 5.97. The fraction of sp³-hybridized carbons (Fsp3) is 0.667. The second kappa shape index (κ2) is 5.40. The smallest absolute Gasteiger partial charge is 0.303 e.